The summed E-state index contributed by atoms with van der Waals surface area (Å²) in [7, 11) is -3.53. The third-order valence-corrected chi connectivity index (χ3v) is 5.20. The molecular weight excluding hydrogens is 292 g/mol. The van der Waals surface area contributed by atoms with Crippen LogP contribution in [0.15, 0.2) is 23.1 Å². The minimum atomic E-state index is -3.53. The maximum Gasteiger partial charge on any atom is 0.243 e. The van der Waals surface area contributed by atoms with Gasteiger partial charge in [-0.25, -0.2) is 8.42 Å². The van der Waals surface area contributed by atoms with Gasteiger partial charge >= 0.3 is 0 Å². The van der Waals surface area contributed by atoms with E-state index in [2.05, 4.69) is 0 Å². The number of hydrogen-bond acceptors (Lipinski definition) is 5. The third kappa shape index (κ3) is 3.48. The highest BCUT2D eigenvalue weighted by Crippen LogP contribution is 2.32. The molecule has 6 nitrogen and oxygen atoms in total. The maximum atomic E-state index is 12.6. The van der Waals surface area contributed by atoms with E-state index in [1.165, 1.54) is 10.4 Å². The molecule has 7 heteroatoms. The average molecular weight is 314 g/mol. The van der Waals surface area contributed by atoms with E-state index in [1.54, 1.807) is 12.1 Å². The Morgan fingerprint density at radius 2 is 1.90 bits per heavy atom. The van der Waals surface area contributed by atoms with E-state index in [9.17, 15) is 8.42 Å². The molecule has 2 rings (SSSR count). The van der Waals surface area contributed by atoms with Gasteiger partial charge in [0.2, 0.25) is 10.0 Å². The molecule has 1 aromatic carbocycles. The second-order valence-electron chi connectivity index (χ2n) is 4.89. The number of benzene rings is 1. The van der Waals surface area contributed by atoms with Gasteiger partial charge < -0.3 is 15.2 Å². The highest BCUT2D eigenvalue weighted by atomic mass is 32.2. The molecule has 21 heavy (non-hydrogen) atoms. The molecule has 0 radical (unpaired) electrons. The molecule has 0 amide bonds. The monoisotopic (exact) mass is 314 g/mol. The highest BCUT2D eigenvalue weighted by molar-refractivity contribution is 7.89. The van der Waals surface area contributed by atoms with Gasteiger partial charge in [0, 0.05) is 25.2 Å². The van der Waals surface area contributed by atoms with Crippen LogP contribution in [-0.2, 0) is 10.0 Å². The van der Waals surface area contributed by atoms with Gasteiger partial charge in [-0.1, -0.05) is 0 Å². The van der Waals surface area contributed by atoms with Crippen molar-refractivity contribution in [2.45, 2.75) is 31.2 Å². The summed E-state index contributed by atoms with van der Waals surface area (Å²) in [6.45, 7) is 5.47. The van der Waals surface area contributed by atoms with Crippen LogP contribution in [0.25, 0.3) is 0 Å². The zero-order valence-corrected chi connectivity index (χ0v) is 13.2. The Hall–Kier alpha value is -1.31. The Labute approximate surface area is 125 Å². The van der Waals surface area contributed by atoms with E-state index in [-0.39, 0.29) is 10.9 Å². The molecule has 2 N–H and O–H groups in total. The second-order valence-corrected chi connectivity index (χ2v) is 6.82. The molecule has 0 aliphatic carbocycles. The van der Waals surface area contributed by atoms with Crippen LogP contribution >= 0.6 is 0 Å². The maximum absolute atomic E-state index is 12.6. The van der Waals surface area contributed by atoms with Gasteiger partial charge in [0.05, 0.1) is 18.1 Å². The lowest BCUT2D eigenvalue weighted by atomic mass is 10.3. The lowest BCUT2D eigenvalue weighted by Crippen LogP contribution is -2.32. The van der Waals surface area contributed by atoms with Crippen LogP contribution in [0, 0.1) is 0 Å². The van der Waals surface area contributed by atoms with E-state index >= 15 is 0 Å². The van der Waals surface area contributed by atoms with Crippen molar-refractivity contribution < 1.29 is 17.9 Å². The van der Waals surface area contributed by atoms with Gasteiger partial charge in [0.15, 0.2) is 11.5 Å². The topological polar surface area (TPSA) is 81.9 Å². The summed E-state index contributed by atoms with van der Waals surface area (Å²) in [5, 5.41) is 0. The fraction of sp³-hybridized carbons (Fsp3) is 0.571. The minimum absolute atomic E-state index is 0.0890. The fourth-order valence-electron chi connectivity index (χ4n) is 2.31. The Balaban J connectivity index is 2.32. The summed E-state index contributed by atoms with van der Waals surface area (Å²) in [6.07, 6.45) is 0.689. The molecule has 1 aliphatic rings. The predicted octanol–water partition coefficient (Wildman–Crippen LogP) is 1.21. The number of ether oxygens (including phenoxy) is 2. The van der Waals surface area contributed by atoms with Crippen molar-refractivity contribution in [2.75, 3.05) is 26.3 Å². The predicted molar refractivity (Wildman–Crippen MR) is 80.1 cm³/mol. The average Bonchev–Trinajstić information content (AvgIpc) is 2.88. The van der Waals surface area contributed by atoms with Crippen LogP contribution in [-0.4, -0.2) is 45.1 Å². The SMILES string of the molecule is CCOc1ccc(S(=O)(=O)N2CCC(N)C2)cc1OCC. The lowest BCUT2D eigenvalue weighted by molar-refractivity contribution is 0.287. The normalized spacial score (nSPS) is 19.7. The summed E-state index contributed by atoms with van der Waals surface area (Å²) in [4.78, 5) is 0.212. The van der Waals surface area contributed by atoms with Crippen LogP contribution in [0.2, 0.25) is 0 Å². The standard InChI is InChI=1S/C14H22N2O4S/c1-3-19-13-6-5-12(9-14(13)20-4-2)21(17,18)16-8-7-11(15)10-16/h5-6,9,11H,3-4,7-8,10,15H2,1-2H3. The van der Waals surface area contributed by atoms with Crippen LogP contribution in [0.4, 0.5) is 0 Å². The van der Waals surface area contributed by atoms with Crippen molar-refractivity contribution in [1.29, 1.82) is 0 Å². The molecule has 0 aromatic heterocycles. The van der Waals surface area contributed by atoms with Crippen LogP contribution in [0.3, 0.4) is 0 Å². The number of nitrogens with two attached hydrogens (primary N) is 1. The Morgan fingerprint density at radius 3 is 2.48 bits per heavy atom. The summed E-state index contributed by atoms with van der Waals surface area (Å²) >= 11 is 0. The molecule has 0 spiro atoms. The third-order valence-electron chi connectivity index (χ3n) is 3.34. The first kappa shape index (κ1) is 16.1. The summed E-state index contributed by atoms with van der Waals surface area (Å²) < 4.78 is 37.5. The second kappa shape index (κ2) is 6.64. The van der Waals surface area contributed by atoms with Crippen molar-refractivity contribution in [2.24, 2.45) is 5.73 Å². The summed E-state index contributed by atoms with van der Waals surface area (Å²) in [6, 6.07) is 4.62. The van der Waals surface area contributed by atoms with Crippen molar-refractivity contribution in [3.8, 4) is 11.5 Å². The summed E-state index contributed by atoms with van der Waals surface area (Å²) in [5.74, 6) is 1.00. The first-order valence-corrected chi connectivity index (χ1v) is 8.58. The van der Waals surface area contributed by atoms with E-state index in [0.717, 1.165) is 0 Å². The van der Waals surface area contributed by atoms with Crippen LogP contribution in [0.5, 0.6) is 11.5 Å². The molecular formula is C14H22N2O4S. The molecule has 1 heterocycles. The van der Waals surface area contributed by atoms with E-state index in [1.807, 2.05) is 13.8 Å². The van der Waals surface area contributed by atoms with Gasteiger partial charge in [0.25, 0.3) is 0 Å². The van der Waals surface area contributed by atoms with E-state index < -0.39 is 10.0 Å². The number of hydrogen-bond donors (Lipinski definition) is 1. The fourth-order valence-corrected chi connectivity index (χ4v) is 3.84. The highest BCUT2D eigenvalue weighted by Gasteiger charge is 2.31. The van der Waals surface area contributed by atoms with E-state index in [4.69, 9.17) is 15.2 Å². The van der Waals surface area contributed by atoms with Crippen molar-refractivity contribution >= 4 is 10.0 Å². The van der Waals surface area contributed by atoms with Crippen molar-refractivity contribution in [1.82, 2.24) is 4.31 Å². The van der Waals surface area contributed by atoms with Crippen LogP contribution < -0.4 is 15.2 Å². The largest absolute Gasteiger partial charge is 0.490 e. The molecule has 1 unspecified atom stereocenters. The lowest BCUT2D eigenvalue weighted by Gasteiger charge is -2.18. The molecule has 1 atom stereocenters. The Kier molecular flexibility index (Phi) is 5.08. The van der Waals surface area contributed by atoms with Gasteiger partial charge in [-0.2, -0.15) is 4.31 Å². The van der Waals surface area contributed by atoms with Crippen molar-refractivity contribution in [3.05, 3.63) is 18.2 Å². The number of sulfonamides is 1. The van der Waals surface area contributed by atoms with Gasteiger partial charge in [-0.3, -0.25) is 0 Å². The first-order chi connectivity index (χ1) is 9.98. The molecule has 0 bridgehead atoms. The van der Waals surface area contributed by atoms with Gasteiger partial charge in [0.1, 0.15) is 0 Å². The number of rotatable bonds is 6. The summed E-state index contributed by atoms with van der Waals surface area (Å²) in [5.41, 5.74) is 5.79. The minimum Gasteiger partial charge on any atom is -0.490 e. The molecule has 1 aromatic rings. The van der Waals surface area contributed by atoms with E-state index in [0.29, 0.717) is 44.2 Å². The Morgan fingerprint density at radius 1 is 1.24 bits per heavy atom. The van der Waals surface area contributed by atoms with Crippen LogP contribution in [0.1, 0.15) is 20.3 Å². The Bertz CT molecular complexity index is 589. The smallest absolute Gasteiger partial charge is 0.243 e. The quantitative estimate of drug-likeness (QED) is 0.853. The van der Waals surface area contributed by atoms with Gasteiger partial charge in [-0.15, -0.1) is 0 Å². The molecule has 1 saturated heterocycles. The molecule has 118 valence electrons. The van der Waals surface area contributed by atoms with Crippen molar-refractivity contribution in [3.63, 3.8) is 0 Å². The zero-order valence-electron chi connectivity index (χ0n) is 12.4. The molecule has 1 fully saturated rings. The number of nitrogens with zero attached hydrogens (tertiary/aromatic N) is 1. The molecule has 0 saturated carbocycles. The van der Waals surface area contributed by atoms with Gasteiger partial charge in [-0.05, 0) is 32.4 Å². The first-order valence-electron chi connectivity index (χ1n) is 7.14. The molecule has 1 aliphatic heterocycles. The zero-order chi connectivity index (χ0) is 15.5.